The lowest BCUT2D eigenvalue weighted by molar-refractivity contribution is 0.187. The van der Waals surface area contributed by atoms with Crippen molar-refractivity contribution < 1.29 is 4.74 Å². The number of ether oxygens (including phenoxy) is 1. The van der Waals surface area contributed by atoms with Gasteiger partial charge in [0.2, 0.25) is 5.78 Å². The van der Waals surface area contributed by atoms with E-state index < -0.39 is 0 Å². The van der Waals surface area contributed by atoms with Gasteiger partial charge in [-0.25, -0.2) is 4.79 Å². The molecule has 1 fully saturated rings. The quantitative estimate of drug-likeness (QED) is 0.612. The summed E-state index contributed by atoms with van der Waals surface area (Å²) in [5.74, 6) is 0.674. The van der Waals surface area contributed by atoms with Crippen molar-refractivity contribution in [1.82, 2.24) is 28.0 Å². The Bertz CT molecular complexity index is 1160. The molecular weight excluding hydrogens is 372 g/mol. The number of hydrogen-bond donors (Lipinski definition) is 0. The molecule has 0 N–H and O–H groups in total. The van der Waals surface area contributed by atoms with Crippen LogP contribution in [-0.4, -0.2) is 61.3 Å². The van der Waals surface area contributed by atoms with Crippen molar-refractivity contribution in [3.05, 3.63) is 32.2 Å². The van der Waals surface area contributed by atoms with E-state index in [9.17, 15) is 9.59 Å². The summed E-state index contributed by atoms with van der Waals surface area (Å²) in [6.45, 7) is 8.38. The highest BCUT2D eigenvalue weighted by atomic mass is 16.5. The van der Waals surface area contributed by atoms with Gasteiger partial charge in [0.1, 0.15) is 0 Å². The molecule has 29 heavy (non-hydrogen) atoms. The molecule has 1 saturated heterocycles. The van der Waals surface area contributed by atoms with Gasteiger partial charge in [-0.3, -0.25) is 18.3 Å². The Hall–Kier alpha value is -2.39. The van der Waals surface area contributed by atoms with Gasteiger partial charge in [0.05, 0.1) is 6.61 Å². The number of aryl methyl sites for hydroxylation is 2. The Kier molecular flexibility index (Phi) is 5.35. The van der Waals surface area contributed by atoms with Crippen molar-refractivity contribution in [2.45, 2.75) is 46.2 Å². The van der Waals surface area contributed by atoms with Crippen LogP contribution >= 0.6 is 0 Å². The highest BCUT2D eigenvalue weighted by Crippen LogP contribution is 2.20. The lowest BCUT2D eigenvalue weighted by atomic mass is 10.1. The molecule has 9 nitrogen and oxygen atoms in total. The Morgan fingerprint density at radius 3 is 2.38 bits per heavy atom. The third kappa shape index (κ3) is 3.22. The molecule has 4 heterocycles. The largest absolute Gasteiger partial charge is 0.383 e. The molecule has 158 valence electrons. The molecule has 0 aliphatic carbocycles. The molecular formula is C20H30N6O3. The number of piperidine rings is 1. The zero-order chi connectivity index (χ0) is 20.7. The van der Waals surface area contributed by atoms with Crippen LogP contribution in [0.5, 0.6) is 0 Å². The SMILES string of the molecule is COCCn1c(C)c(C)n2c3c(=O)n(CCN4CCCCC4)c(=O)n(C)c3nc12. The van der Waals surface area contributed by atoms with E-state index >= 15 is 0 Å². The Morgan fingerprint density at radius 1 is 0.966 bits per heavy atom. The van der Waals surface area contributed by atoms with Crippen LogP contribution in [0.4, 0.5) is 0 Å². The van der Waals surface area contributed by atoms with E-state index in [1.807, 2.05) is 22.8 Å². The van der Waals surface area contributed by atoms with Gasteiger partial charge < -0.3 is 14.2 Å². The van der Waals surface area contributed by atoms with E-state index in [1.165, 1.54) is 28.4 Å². The number of imidazole rings is 2. The number of likely N-dealkylation sites (tertiary alicyclic amines) is 1. The first-order valence-electron chi connectivity index (χ1n) is 10.3. The van der Waals surface area contributed by atoms with Gasteiger partial charge in [-0.2, -0.15) is 4.98 Å². The molecule has 3 aromatic heterocycles. The number of hydrogen-bond acceptors (Lipinski definition) is 5. The van der Waals surface area contributed by atoms with Crippen molar-refractivity contribution >= 4 is 16.9 Å². The Morgan fingerprint density at radius 2 is 1.69 bits per heavy atom. The zero-order valence-corrected chi connectivity index (χ0v) is 17.8. The minimum atomic E-state index is -0.307. The third-order valence-corrected chi connectivity index (χ3v) is 6.24. The van der Waals surface area contributed by atoms with Gasteiger partial charge in [-0.15, -0.1) is 0 Å². The summed E-state index contributed by atoms with van der Waals surface area (Å²) >= 11 is 0. The smallest absolute Gasteiger partial charge is 0.332 e. The van der Waals surface area contributed by atoms with Crippen molar-refractivity contribution in [1.29, 1.82) is 0 Å². The molecule has 3 aromatic rings. The van der Waals surface area contributed by atoms with E-state index in [1.54, 1.807) is 14.2 Å². The minimum Gasteiger partial charge on any atom is -0.383 e. The lowest BCUT2D eigenvalue weighted by Gasteiger charge is -2.26. The first-order chi connectivity index (χ1) is 14.0. The normalized spacial score (nSPS) is 15.7. The molecule has 1 aliphatic rings. The molecule has 0 bridgehead atoms. The standard InChI is InChI=1S/C20H30N6O3/c1-14-15(2)26-16-17(21-19(26)24(14)12-13-29-4)22(3)20(28)25(18(16)27)11-10-23-8-6-5-7-9-23/h5-13H2,1-4H3. The number of methoxy groups -OCH3 is 1. The molecule has 9 heteroatoms. The van der Waals surface area contributed by atoms with Crippen molar-refractivity contribution in [3.8, 4) is 0 Å². The monoisotopic (exact) mass is 402 g/mol. The summed E-state index contributed by atoms with van der Waals surface area (Å²) < 4.78 is 12.0. The van der Waals surface area contributed by atoms with Crippen LogP contribution in [0.1, 0.15) is 30.7 Å². The predicted octanol–water partition coefficient (Wildman–Crippen LogP) is 0.899. The molecule has 0 spiro atoms. The highest BCUT2D eigenvalue weighted by Gasteiger charge is 2.22. The molecule has 1 aliphatic heterocycles. The first kappa shape index (κ1) is 19.9. The first-order valence-corrected chi connectivity index (χ1v) is 10.3. The Labute approximate surface area is 169 Å². The maximum absolute atomic E-state index is 13.4. The van der Waals surface area contributed by atoms with Crippen molar-refractivity contribution in [2.24, 2.45) is 7.05 Å². The maximum atomic E-state index is 13.4. The highest BCUT2D eigenvalue weighted by molar-refractivity contribution is 5.76. The summed E-state index contributed by atoms with van der Waals surface area (Å²) in [5.41, 5.74) is 2.32. The summed E-state index contributed by atoms with van der Waals surface area (Å²) in [4.78, 5) is 33.3. The van der Waals surface area contributed by atoms with Crippen molar-refractivity contribution in [2.75, 3.05) is 33.4 Å². The third-order valence-electron chi connectivity index (χ3n) is 6.24. The second-order valence-electron chi connectivity index (χ2n) is 7.94. The number of fused-ring (bicyclic) bond motifs is 3. The second kappa shape index (κ2) is 7.79. The van der Waals surface area contributed by atoms with E-state index in [0.29, 0.717) is 36.6 Å². The van der Waals surface area contributed by atoms with Gasteiger partial charge >= 0.3 is 5.69 Å². The van der Waals surface area contributed by atoms with E-state index in [0.717, 1.165) is 31.0 Å². The fraction of sp³-hybridized carbons (Fsp3) is 0.650. The molecule has 0 unspecified atom stereocenters. The summed E-state index contributed by atoms with van der Waals surface area (Å²) in [6, 6.07) is 0. The molecule has 0 saturated carbocycles. The maximum Gasteiger partial charge on any atom is 0.332 e. The van der Waals surface area contributed by atoms with Crippen LogP contribution in [0.15, 0.2) is 9.59 Å². The molecule has 0 aromatic carbocycles. The summed E-state index contributed by atoms with van der Waals surface area (Å²) in [5, 5.41) is 0. The average Bonchev–Trinajstić information content (AvgIpc) is 3.22. The van der Waals surface area contributed by atoms with Crippen LogP contribution in [0, 0.1) is 13.8 Å². The fourth-order valence-electron chi connectivity index (χ4n) is 4.39. The minimum absolute atomic E-state index is 0.264. The van der Waals surface area contributed by atoms with E-state index in [-0.39, 0.29) is 11.2 Å². The van der Waals surface area contributed by atoms with Crippen LogP contribution in [0.2, 0.25) is 0 Å². The van der Waals surface area contributed by atoms with Crippen LogP contribution in [0.3, 0.4) is 0 Å². The van der Waals surface area contributed by atoms with Crippen LogP contribution < -0.4 is 11.2 Å². The lowest BCUT2D eigenvalue weighted by Crippen LogP contribution is -2.43. The predicted molar refractivity (Wildman–Crippen MR) is 112 cm³/mol. The van der Waals surface area contributed by atoms with Gasteiger partial charge in [0.15, 0.2) is 11.2 Å². The van der Waals surface area contributed by atoms with E-state index in [4.69, 9.17) is 4.74 Å². The molecule has 0 atom stereocenters. The topological polar surface area (TPSA) is 78.7 Å². The average molecular weight is 402 g/mol. The van der Waals surface area contributed by atoms with Gasteiger partial charge in [-0.05, 0) is 39.8 Å². The number of rotatable bonds is 6. The van der Waals surface area contributed by atoms with Crippen molar-refractivity contribution in [3.63, 3.8) is 0 Å². The number of nitrogens with zero attached hydrogens (tertiary/aromatic N) is 6. The van der Waals surface area contributed by atoms with Crippen LogP contribution in [-0.2, 0) is 24.9 Å². The van der Waals surface area contributed by atoms with Gasteiger partial charge in [0, 0.05) is 45.2 Å². The second-order valence-corrected chi connectivity index (χ2v) is 7.94. The summed E-state index contributed by atoms with van der Waals surface area (Å²) in [7, 11) is 3.35. The molecule has 0 radical (unpaired) electrons. The number of aromatic nitrogens is 5. The van der Waals surface area contributed by atoms with Gasteiger partial charge in [0.25, 0.3) is 5.56 Å². The van der Waals surface area contributed by atoms with E-state index in [2.05, 4.69) is 9.88 Å². The zero-order valence-electron chi connectivity index (χ0n) is 17.8. The van der Waals surface area contributed by atoms with Crippen LogP contribution in [0.25, 0.3) is 16.9 Å². The fourth-order valence-corrected chi connectivity index (χ4v) is 4.39. The summed E-state index contributed by atoms with van der Waals surface area (Å²) in [6.07, 6.45) is 3.63. The molecule has 4 rings (SSSR count). The Balaban J connectivity index is 1.85. The van der Waals surface area contributed by atoms with Gasteiger partial charge in [-0.1, -0.05) is 6.42 Å². The molecule has 0 amide bonds.